The maximum Gasteiger partial charge on any atom is 0.257 e. The van der Waals surface area contributed by atoms with Crippen molar-refractivity contribution < 1.29 is 5.11 Å². The van der Waals surface area contributed by atoms with Gasteiger partial charge in [-0.2, -0.15) is 0 Å². The van der Waals surface area contributed by atoms with Crippen LogP contribution in [0.25, 0.3) is 0 Å². The van der Waals surface area contributed by atoms with Crippen molar-refractivity contribution in [2.24, 2.45) is 11.8 Å². The number of H-pyrrole nitrogens is 1. The molecule has 0 radical (unpaired) electrons. The van der Waals surface area contributed by atoms with Crippen LogP contribution in [-0.2, 0) is 12.8 Å². The van der Waals surface area contributed by atoms with Crippen LogP contribution in [0.3, 0.4) is 0 Å². The third-order valence-electron chi connectivity index (χ3n) is 2.99. The lowest BCUT2D eigenvalue weighted by Crippen LogP contribution is -2.14. The number of nitrogens with zero attached hydrogens (tertiary/aromatic N) is 3. The van der Waals surface area contributed by atoms with Gasteiger partial charge in [-0.05, 0) is 24.7 Å². The second kappa shape index (κ2) is 9.59. The molecule has 0 saturated heterocycles. The number of aromatic hydroxyl groups is 1. The Hall–Kier alpha value is -1.66. The predicted octanol–water partition coefficient (Wildman–Crippen LogP) is 3.66. The number of halogens is 2. The molecule has 2 rings (SSSR count). The van der Waals surface area contributed by atoms with Crippen LogP contribution in [0.4, 0.5) is 0 Å². The number of aromatic nitrogens is 4. The zero-order chi connectivity index (χ0) is 18.3. The summed E-state index contributed by atoms with van der Waals surface area (Å²) >= 11 is 11.7. The molecule has 0 aliphatic rings. The molecule has 0 saturated carbocycles. The molecule has 0 aromatic carbocycles. The molecule has 0 amide bonds. The van der Waals surface area contributed by atoms with Crippen molar-refractivity contribution in [3.8, 4) is 5.88 Å². The molecule has 0 spiro atoms. The molecule has 6 nitrogen and oxygen atoms in total. The van der Waals surface area contributed by atoms with Gasteiger partial charge in [0.2, 0.25) is 5.88 Å². The first kappa shape index (κ1) is 20.4. The van der Waals surface area contributed by atoms with Crippen LogP contribution in [-0.4, -0.2) is 25.0 Å². The highest BCUT2D eigenvalue weighted by Crippen LogP contribution is 2.22. The molecule has 0 aliphatic heterocycles. The normalized spacial score (nSPS) is 10.7. The summed E-state index contributed by atoms with van der Waals surface area (Å²) in [7, 11) is 0. The first-order chi connectivity index (χ1) is 11.2. The van der Waals surface area contributed by atoms with Crippen molar-refractivity contribution in [3.63, 3.8) is 0 Å². The predicted molar refractivity (Wildman–Crippen MR) is 95.7 cm³/mol. The van der Waals surface area contributed by atoms with Gasteiger partial charge in [0.15, 0.2) is 0 Å². The minimum absolute atomic E-state index is 0.160. The molecule has 2 N–H and O–H groups in total. The minimum atomic E-state index is -0.254. The molecule has 0 aliphatic carbocycles. The van der Waals surface area contributed by atoms with Gasteiger partial charge >= 0.3 is 0 Å². The molecule has 2 aromatic heterocycles. The van der Waals surface area contributed by atoms with E-state index in [1.165, 1.54) is 12.7 Å². The number of aromatic amines is 1. The van der Waals surface area contributed by atoms with E-state index in [1.807, 2.05) is 13.8 Å². The van der Waals surface area contributed by atoms with Gasteiger partial charge < -0.3 is 10.1 Å². The maximum atomic E-state index is 11.1. The summed E-state index contributed by atoms with van der Waals surface area (Å²) < 4.78 is 0. The van der Waals surface area contributed by atoms with E-state index in [4.69, 9.17) is 23.2 Å². The Kier molecular flexibility index (Phi) is 8.15. The van der Waals surface area contributed by atoms with Crippen molar-refractivity contribution in [2.75, 3.05) is 0 Å². The zero-order valence-corrected chi connectivity index (χ0v) is 15.7. The van der Waals surface area contributed by atoms with E-state index in [0.717, 1.165) is 12.0 Å². The maximum absolute atomic E-state index is 11.1. The Bertz CT molecular complexity index is 697. The Morgan fingerprint density at radius 1 is 1.00 bits per heavy atom. The molecule has 24 heavy (non-hydrogen) atoms. The van der Waals surface area contributed by atoms with E-state index in [1.54, 1.807) is 0 Å². The average Bonchev–Trinajstić information content (AvgIpc) is 2.47. The van der Waals surface area contributed by atoms with Crippen molar-refractivity contribution in [3.05, 3.63) is 44.4 Å². The van der Waals surface area contributed by atoms with Crippen molar-refractivity contribution in [2.45, 2.75) is 40.5 Å². The molecular formula is C16H22Cl2N4O2. The van der Waals surface area contributed by atoms with Gasteiger partial charge in [-0.25, -0.2) is 15.0 Å². The number of hydrogen-bond acceptors (Lipinski definition) is 5. The van der Waals surface area contributed by atoms with Crippen molar-refractivity contribution in [1.82, 2.24) is 19.9 Å². The van der Waals surface area contributed by atoms with E-state index < -0.39 is 0 Å². The number of nitrogens with one attached hydrogen (secondary N) is 1. The van der Waals surface area contributed by atoms with Gasteiger partial charge in [-0.1, -0.05) is 50.9 Å². The largest absolute Gasteiger partial charge is 0.493 e. The van der Waals surface area contributed by atoms with Crippen molar-refractivity contribution in [1.29, 1.82) is 0 Å². The van der Waals surface area contributed by atoms with Crippen LogP contribution in [0.5, 0.6) is 5.88 Å². The Labute approximate surface area is 151 Å². The van der Waals surface area contributed by atoms with Gasteiger partial charge in [0.25, 0.3) is 5.56 Å². The van der Waals surface area contributed by atoms with Crippen LogP contribution < -0.4 is 5.56 Å². The molecule has 0 atom stereocenters. The van der Waals surface area contributed by atoms with Gasteiger partial charge in [0, 0.05) is 5.56 Å². The van der Waals surface area contributed by atoms with E-state index in [0.29, 0.717) is 34.1 Å². The Balaban J connectivity index is 0.000000240. The van der Waals surface area contributed by atoms with Gasteiger partial charge in [-0.15, -0.1) is 0 Å². The van der Waals surface area contributed by atoms with Crippen LogP contribution in [0, 0.1) is 11.8 Å². The summed E-state index contributed by atoms with van der Waals surface area (Å²) in [6, 6.07) is 0. The summed E-state index contributed by atoms with van der Waals surface area (Å²) in [4.78, 5) is 24.9. The van der Waals surface area contributed by atoms with E-state index >= 15 is 0 Å². The lowest BCUT2D eigenvalue weighted by molar-refractivity contribution is 0.437. The van der Waals surface area contributed by atoms with Crippen LogP contribution >= 0.6 is 23.2 Å². The molecule has 8 heteroatoms. The second-order valence-electron chi connectivity index (χ2n) is 6.16. The van der Waals surface area contributed by atoms with E-state index in [-0.39, 0.29) is 11.4 Å². The second-order valence-corrected chi connectivity index (χ2v) is 6.88. The average molecular weight is 373 g/mol. The number of rotatable bonds is 4. The lowest BCUT2D eigenvalue weighted by atomic mass is 10.1. The summed E-state index contributed by atoms with van der Waals surface area (Å²) in [6.07, 6.45) is 3.93. The quantitative estimate of drug-likeness (QED) is 0.798. The highest BCUT2D eigenvalue weighted by Gasteiger charge is 2.09. The zero-order valence-electron chi connectivity index (χ0n) is 14.2. The standard InChI is InChI=1S/C8H10Cl2N2.C8H12N2O2/c1-5(2)3-6-7(9)11-4-12-8(6)10;1-5(2)3-6-7(11)9-4-10-8(6)12/h4-5H,3H2,1-2H3;4-5H,3H2,1-2H3,(H2,9,10,11,12). The van der Waals surface area contributed by atoms with Gasteiger partial charge in [0.05, 0.1) is 11.9 Å². The molecular weight excluding hydrogens is 351 g/mol. The highest BCUT2D eigenvalue weighted by molar-refractivity contribution is 6.34. The van der Waals surface area contributed by atoms with E-state index in [2.05, 4.69) is 33.8 Å². The summed E-state index contributed by atoms with van der Waals surface area (Å²) in [5.74, 6) is 0.680. The fourth-order valence-electron chi connectivity index (χ4n) is 1.96. The van der Waals surface area contributed by atoms with Gasteiger partial charge in [-0.3, -0.25) is 4.79 Å². The molecule has 0 fully saturated rings. The summed E-state index contributed by atoms with van der Waals surface area (Å²) in [6.45, 7) is 8.15. The van der Waals surface area contributed by atoms with Crippen LogP contribution in [0.1, 0.15) is 38.8 Å². The molecule has 0 bridgehead atoms. The van der Waals surface area contributed by atoms with Crippen molar-refractivity contribution >= 4 is 23.2 Å². The first-order valence-corrected chi connectivity index (χ1v) is 8.38. The molecule has 2 aromatic rings. The minimum Gasteiger partial charge on any atom is -0.493 e. The topological polar surface area (TPSA) is 91.8 Å². The smallest absolute Gasteiger partial charge is 0.257 e. The third-order valence-corrected chi connectivity index (χ3v) is 3.64. The SMILES string of the molecule is CC(C)Cc1c(Cl)ncnc1Cl.CC(C)Cc1c(O)nc[nH]c1=O. The van der Waals surface area contributed by atoms with Gasteiger partial charge in [0.1, 0.15) is 16.6 Å². The highest BCUT2D eigenvalue weighted by atomic mass is 35.5. The summed E-state index contributed by atoms with van der Waals surface area (Å²) in [5, 5.41) is 10.1. The monoisotopic (exact) mass is 372 g/mol. The molecule has 2 heterocycles. The molecule has 0 unspecified atom stereocenters. The summed E-state index contributed by atoms with van der Waals surface area (Å²) in [5.41, 5.74) is 0.958. The first-order valence-electron chi connectivity index (χ1n) is 7.62. The number of hydrogen-bond donors (Lipinski definition) is 2. The third kappa shape index (κ3) is 6.45. The Morgan fingerprint density at radius 3 is 1.96 bits per heavy atom. The van der Waals surface area contributed by atoms with Crippen LogP contribution in [0.2, 0.25) is 10.3 Å². The Morgan fingerprint density at radius 2 is 1.50 bits per heavy atom. The van der Waals surface area contributed by atoms with Crippen LogP contribution in [0.15, 0.2) is 17.4 Å². The fraction of sp³-hybridized carbons (Fsp3) is 0.500. The fourth-order valence-corrected chi connectivity index (χ4v) is 2.43. The molecule has 132 valence electrons. The lowest BCUT2D eigenvalue weighted by Gasteiger charge is -2.06. The van der Waals surface area contributed by atoms with E-state index in [9.17, 15) is 9.90 Å².